The minimum atomic E-state index is -0.785. The topological polar surface area (TPSA) is 76.9 Å². The first-order valence-corrected chi connectivity index (χ1v) is 11.9. The molecule has 0 saturated carbocycles. The number of aliphatic imine (C=N–C) groups is 1. The molecule has 174 valence electrons. The fourth-order valence-corrected chi connectivity index (χ4v) is 4.37. The Morgan fingerprint density at radius 3 is 2.74 bits per heavy atom. The van der Waals surface area contributed by atoms with Crippen LogP contribution in [0.3, 0.4) is 0 Å². The van der Waals surface area contributed by atoms with Gasteiger partial charge in [0, 0.05) is 11.5 Å². The number of amides is 1. The zero-order chi connectivity index (χ0) is 24.4. The lowest BCUT2D eigenvalue weighted by Crippen LogP contribution is -2.23. The molecular weight excluding hydrogens is 570 g/mol. The summed E-state index contributed by atoms with van der Waals surface area (Å²) in [5.41, 5.74) is 1.23. The van der Waals surface area contributed by atoms with Gasteiger partial charge in [0.05, 0.1) is 28.9 Å². The van der Waals surface area contributed by atoms with E-state index in [-0.39, 0.29) is 22.8 Å². The Morgan fingerprint density at radius 1 is 1.21 bits per heavy atom. The van der Waals surface area contributed by atoms with Gasteiger partial charge in [-0.3, -0.25) is 9.69 Å². The average Bonchev–Trinajstić information content (AvgIpc) is 3.06. The number of amidine groups is 1. The van der Waals surface area contributed by atoms with Gasteiger partial charge in [-0.05, 0) is 81.3 Å². The van der Waals surface area contributed by atoms with Gasteiger partial charge in [0.25, 0.3) is 11.8 Å². The van der Waals surface area contributed by atoms with Crippen LogP contribution in [0.15, 0.2) is 57.0 Å². The highest BCUT2D eigenvalue weighted by atomic mass is 79.9. The number of aromatic nitrogens is 2. The summed E-state index contributed by atoms with van der Waals surface area (Å²) in [5.74, 6) is -0.830. The molecule has 2 aromatic carbocycles. The van der Waals surface area contributed by atoms with Crippen LogP contribution >= 0.6 is 50.9 Å². The molecule has 0 unspecified atom stereocenters. The molecule has 1 saturated heterocycles. The fraction of sp³-hybridized carbons (Fsp3) is 0.0909. The summed E-state index contributed by atoms with van der Waals surface area (Å²) >= 11 is 16.4. The number of ether oxygens (including phenoxy) is 2. The first-order valence-electron chi connectivity index (χ1n) is 9.50. The number of halogens is 4. The fourth-order valence-electron chi connectivity index (χ4n) is 2.84. The van der Waals surface area contributed by atoms with Crippen LogP contribution in [0.1, 0.15) is 5.56 Å². The Morgan fingerprint density at radius 2 is 2.00 bits per heavy atom. The summed E-state index contributed by atoms with van der Waals surface area (Å²) in [6.45, 7) is 0. The molecule has 2 heterocycles. The highest BCUT2D eigenvalue weighted by Gasteiger charge is 2.30. The van der Waals surface area contributed by atoms with Crippen molar-refractivity contribution in [2.75, 3.05) is 14.2 Å². The maximum absolute atomic E-state index is 14.0. The molecule has 0 radical (unpaired) electrons. The monoisotopic (exact) mass is 582 g/mol. The van der Waals surface area contributed by atoms with E-state index in [1.165, 1.54) is 23.8 Å². The van der Waals surface area contributed by atoms with Crippen molar-refractivity contribution in [2.45, 2.75) is 0 Å². The Kier molecular flexibility index (Phi) is 7.42. The Balaban J connectivity index is 1.63. The van der Waals surface area contributed by atoms with E-state index in [4.69, 9.17) is 32.7 Å². The number of benzene rings is 2. The zero-order valence-corrected chi connectivity index (χ0v) is 21.5. The van der Waals surface area contributed by atoms with E-state index >= 15 is 0 Å². The molecule has 34 heavy (non-hydrogen) atoms. The molecule has 7 nitrogen and oxygen atoms in total. The summed E-state index contributed by atoms with van der Waals surface area (Å²) < 4.78 is 25.7. The number of rotatable bonds is 5. The van der Waals surface area contributed by atoms with E-state index in [1.54, 1.807) is 49.5 Å². The number of carbonyl (C=O) groups is 1. The van der Waals surface area contributed by atoms with Gasteiger partial charge in [0.15, 0.2) is 16.7 Å². The quantitative estimate of drug-likeness (QED) is 0.245. The lowest BCUT2D eigenvalue weighted by Gasteiger charge is -2.11. The first-order chi connectivity index (χ1) is 16.2. The molecule has 1 amide bonds. The predicted molar refractivity (Wildman–Crippen MR) is 135 cm³/mol. The number of carbonyl (C=O) groups excluding carboxylic acids is 1. The molecule has 1 aliphatic heterocycles. The molecule has 1 aliphatic rings. The second-order valence-electron chi connectivity index (χ2n) is 6.77. The third kappa shape index (κ3) is 5.35. The third-order valence-electron chi connectivity index (χ3n) is 4.51. The molecule has 0 aliphatic carbocycles. The minimum absolute atomic E-state index is 0.163. The number of hydrogen-bond donors (Lipinski definition) is 0. The van der Waals surface area contributed by atoms with Crippen LogP contribution in [0.4, 0.5) is 10.1 Å². The van der Waals surface area contributed by atoms with Crippen molar-refractivity contribution in [2.24, 2.45) is 4.99 Å². The SMILES string of the molecule is COc1ccc(/C=C2\SC(=Nc3ccc(Br)c(Cl)c3)N(C)C2=O)cc1Oc1nc(Cl)ncc1F. The van der Waals surface area contributed by atoms with Gasteiger partial charge < -0.3 is 9.47 Å². The van der Waals surface area contributed by atoms with Crippen LogP contribution < -0.4 is 9.47 Å². The number of hydrogen-bond acceptors (Lipinski definition) is 7. The molecule has 1 fully saturated rings. The highest BCUT2D eigenvalue weighted by Crippen LogP contribution is 2.37. The molecule has 0 bridgehead atoms. The lowest BCUT2D eigenvalue weighted by molar-refractivity contribution is -0.121. The van der Waals surface area contributed by atoms with E-state index in [0.29, 0.717) is 32.1 Å². The molecule has 12 heteroatoms. The van der Waals surface area contributed by atoms with E-state index in [2.05, 4.69) is 30.9 Å². The van der Waals surface area contributed by atoms with Crippen molar-refractivity contribution < 1.29 is 18.7 Å². The number of likely N-dealkylation sites (N-methyl/N-ethyl adjacent to an activating group) is 1. The van der Waals surface area contributed by atoms with Crippen LogP contribution in [0, 0.1) is 5.82 Å². The van der Waals surface area contributed by atoms with E-state index in [0.717, 1.165) is 10.7 Å². The Labute approximate surface area is 216 Å². The maximum Gasteiger partial charge on any atom is 0.266 e. The number of nitrogens with zero attached hydrogens (tertiary/aromatic N) is 4. The summed E-state index contributed by atoms with van der Waals surface area (Å²) in [6.07, 6.45) is 2.59. The van der Waals surface area contributed by atoms with Gasteiger partial charge in [-0.2, -0.15) is 9.37 Å². The molecule has 0 spiro atoms. The molecule has 0 N–H and O–H groups in total. The minimum Gasteiger partial charge on any atom is -0.493 e. The summed E-state index contributed by atoms with van der Waals surface area (Å²) in [7, 11) is 3.09. The summed E-state index contributed by atoms with van der Waals surface area (Å²) in [6, 6.07) is 10.2. The van der Waals surface area contributed by atoms with Crippen LogP contribution in [0.5, 0.6) is 17.4 Å². The van der Waals surface area contributed by atoms with Gasteiger partial charge in [0.2, 0.25) is 11.1 Å². The van der Waals surface area contributed by atoms with Crippen LogP contribution in [0.25, 0.3) is 6.08 Å². The molecule has 3 aromatic rings. The van der Waals surface area contributed by atoms with Crippen molar-refractivity contribution in [1.29, 1.82) is 0 Å². The van der Waals surface area contributed by atoms with Crippen molar-refractivity contribution in [3.63, 3.8) is 0 Å². The highest BCUT2D eigenvalue weighted by molar-refractivity contribution is 9.10. The molecule has 0 atom stereocenters. The van der Waals surface area contributed by atoms with Crippen molar-refractivity contribution in [1.82, 2.24) is 14.9 Å². The van der Waals surface area contributed by atoms with E-state index < -0.39 is 5.82 Å². The van der Waals surface area contributed by atoms with E-state index in [9.17, 15) is 9.18 Å². The number of methoxy groups -OCH3 is 1. The standard InChI is InChI=1S/C22H14BrCl2FN4O3S/c1-30-20(31)18(34-22(30)28-12-4-5-13(23)14(24)9-12)8-11-3-6-16(32-2)17(7-11)33-19-15(26)10-27-21(25)29-19/h3-10H,1-2H3/b18-8-,28-22?. The zero-order valence-electron chi connectivity index (χ0n) is 17.6. The Hall–Kier alpha value is -2.66. The first kappa shape index (κ1) is 24.5. The lowest BCUT2D eigenvalue weighted by atomic mass is 10.2. The normalized spacial score (nSPS) is 15.9. The molecular formula is C22H14BrCl2FN4O3S. The second kappa shape index (κ2) is 10.3. The molecule has 4 rings (SSSR count). The predicted octanol–water partition coefficient (Wildman–Crippen LogP) is 6.72. The average molecular weight is 584 g/mol. The van der Waals surface area contributed by atoms with Crippen molar-refractivity contribution in [3.05, 3.63) is 73.7 Å². The van der Waals surface area contributed by atoms with Gasteiger partial charge in [-0.25, -0.2) is 9.98 Å². The van der Waals surface area contributed by atoms with Crippen molar-refractivity contribution in [3.8, 4) is 17.4 Å². The largest absolute Gasteiger partial charge is 0.493 e. The maximum atomic E-state index is 14.0. The third-order valence-corrected chi connectivity index (χ3v) is 6.98. The number of thioether (sulfide) groups is 1. The molecule has 1 aromatic heterocycles. The summed E-state index contributed by atoms with van der Waals surface area (Å²) in [5, 5.41) is 0.850. The van der Waals surface area contributed by atoms with E-state index in [1.807, 2.05) is 0 Å². The Bertz CT molecular complexity index is 1360. The smallest absolute Gasteiger partial charge is 0.266 e. The van der Waals surface area contributed by atoms with Gasteiger partial charge in [-0.15, -0.1) is 0 Å². The van der Waals surface area contributed by atoms with Crippen LogP contribution in [-0.4, -0.2) is 40.1 Å². The van der Waals surface area contributed by atoms with Gasteiger partial charge in [-0.1, -0.05) is 17.7 Å². The second-order valence-corrected chi connectivity index (χ2v) is 9.38. The van der Waals surface area contributed by atoms with Crippen LogP contribution in [-0.2, 0) is 4.79 Å². The van der Waals surface area contributed by atoms with Crippen LogP contribution in [0.2, 0.25) is 10.3 Å². The van der Waals surface area contributed by atoms with Gasteiger partial charge >= 0.3 is 0 Å². The van der Waals surface area contributed by atoms with Gasteiger partial charge in [0.1, 0.15) is 0 Å². The summed E-state index contributed by atoms with van der Waals surface area (Å²) in [4.78, 5) is 26.5. The van der Waals surface area contributed by atoms with Crippen molar-refractivity contribution >= 4 is 73.7 Å².